The molecule has 12 nitrogen and oxygen atoms in total. The van der Waals surface area contributed by atoms with Crippen LogP contribution in [0.15, 0.2) is 0 Å². The average Bonchev–Trinajstić information content (AvgIpc) is 2.60. The summed E-state index contributed by atoms with van der Waals surface area (Å²) >= 11 is 4.64. The zero-order chi connectivity index (χ0) is 19.6. The second kappa shape index (κ2) is 8.99. The maximum atomic E-state index is 10.3. The zero-order valence-electron chi connectivity index (χ0n) is 13.5. The highest BCUT2D eigenvalue weighted by Gasteiger charge is 2.50. The predicted molar refractivity (Wildman–Crippen MR) is 86.3 cm³/mol. The van der Waals surface area contributed by atoms with Crippen LogP contribution in [-0.2, 0) is 14.2 Å². The smallest absolute Gasteiger partial charge is 0.187 e. The van der Waals surface area contributed by atoms with Gasteiger partial charge in [-0.05, 0) is 12.2 Å². The van der Waals surface area contributed by atoms with E-state index < -0.39 is 74.6 Å². The number of hydrogen-bond acceptors (Lipinski definition) is 11. The van der Waals surface area contributed by atoms with E-state index in [1.165, 1.54) is 0 Å². The van der Waals surface area contributed by atoms with Crippen molar-refractivity contribution in [1.29, 1.82) is 0 Å². The van der Waals surface area contributed by atoms with Crippen molar-refractivity contribution in [2.45, 2.75) is 61.3 Å². The van der Waals surface area contributed by atoms with Gasteiger partial charge in [0.1, 0.15) is 48.8 Å². The topological polar surface area (TPSA) is 207 Å². The average molecular weight is 400 g/mol. The highest BCUT2D eigenvalue weighted by molar-refractivity contribution is 7.80. The van der Waals surface area contributed by atoms with Crippen molar-refractivity contribution in [2.24, 2.45) is 5.73 Å². The van der Waals surface area contributed by atoms with Gasteiger partial charge in [0.05, 0.1) is 13.2 Å². The van der Waals surface area contributed by atoms with Gasteiger partial charge in [-0.3, -0.25) is 0 Å². The van der Waals surface area contributed by atoms with E-state index in [1.54, 1.807) is 0 Å². The van der Waals surface area contributed by atoms with E-state index in [-0.39, 0.29) is 5.11 Å². The summed E-state index contributed by atoms with van der Waals surface area (Å²) in [6, 6.07) is 0. The van der Waals surface area contributed by atoms with E-state index in [1.807, 2.05) is 0 Å². The van der Waals surface area contributed by atoms with Crippen LogP contribution >= 0.6 is 12.2 Å². The highest BCUT2D eigenvalue weighted by Crippen LogP contribution is 2.28. The summed E-state index contributed by atoms with van der Waals surface area (Å²) in [5.41, 5.74) is 5.30. The van der Waals surface area contributed by atoms with Gasteiger partial charge < -0.3 is 61.0 Å². The van der Waals surface area contributed by atoms with E-state index >= 15 is 0 Å². The summed E-state index contributed by atoms with van der Waals surface area (Å²) in [6.45, 7) is -1.30. The molecule has 2 aliphatic heterocycles. The first-order valence-electron chi connectivity index (χ1n) is 7.85. The molecule has 2 saturated heterocycles. The van der Waals surface area contributed by atoms with Gasteiger partial charge in [0.25, 0.3) is 0 Å². The third-order valence-corrected chi connectivity index (χ3v) is 4.41. The lowest BCUT2D eigenvalue weighted by Gasteiger charge is -2.46. The van der Waals surface area contributed by atoms with Gasteiger partial charge in [-0.2, -0.15) is 0 Å². The fourth-order valence-corrected chi connectivity index (χ4v) is 2.97. The number of hydrogen-bond donors (Lipinski definition) is 9. The Hall–Kier alpha value is -0.710. The number of nitrogens with one attached hydrogen (secondary N) is 1. The summed E-state index contributed by atoms with van der Waals surface area (Å²) in [5, 5.41) is 70.8. The Bertz CT molecular complexity index is 484. The van der Waals surface area contributed by atoms with E-state index in [4.69, 9.17) is 19.9 Å². The van der Waals surface area contributed by atoms with Crippen LogP contribution in [0.2, 0.25) is 0 Å². The van der Waals surface area contributed by atoms with E-state index in [0.717, 1.165) is 0 Å². The molecule has 0 aromatic heterocycles. The van der Waals surface area contributed by atoms with Crippen molar-refractivity contribution in [3.8, 4) is 0 Å². The Kier molecular flexibility index (Phi) is 7.46. The van der Waals surface area contributed by atoms with Crippen LogP contribution in [0, 0.1) is 0 Å². The molecule has 13 heteroatoms. The summed E-state index contributed by atoms with van der Waals surface area (Å²) in [5.74, 6) is 0. The molecular formula is C13H24N2O10S. The lowest BCUT2D eigenvalue weighted by atomic mass is 9.96. The highest BCUT2D eigenvalue weighted by atomic mass is 32.1. The Morgan fingerprint density at radius 3 is 2.04 bits per heavy atom. The van der Waals surface area contributed by atoms with Gasteiger partial charge in [0, 0.05) is 0 Å². The SMILES string of the molecule is NC(=S)NC1O[C@H](CO)[C@@H](O[C@@H]2O[C@H](CO)[C@H](O)[C@H](O)[C@H]2O)[C@H](O)[C@H]1O. The Balaban J connectivity index is 2.12. The van der Waals surface area contributed by atoms with E-state index in [9.17, 15) is 35.7 Å². The minimum absolute atomic E-state index is 0.203. The first-order chi connectivity index (χ1) is 12.2. The number of thiocarbonyl (C=S) groups is 1. The number of aliphatic hydroxyl groups excluding tert-OH is 7. The van der Waals surface area contributed by atoms with Crippen molar-refractivity contribution in [3.63, 3.8) is 0 Å². The molecule has 0 aromatic carbocycles. The summed E-state index contributed by atoms with van der Waals surface area (Å²) in [6.07, 6.45) is -14.7. The van der Waals surface area contributed by atoms with Crippen LogP contribution < -0.4 is 11.1 Å². The molecule has 10 atom stereocenters. The van der Waals surface area contributed by atoms with Crippen LogP contribution in [-0.4, -0.2) is 115 Å². The predicted octanol–water partition coefficient (Wildman–Crippen LogP) is -5.56. The maximum Gasteiger partial charge on any atom is 0.187 e. The summed E-state index contributed by atoms with van der Waals surface area (Å²) < 4.78 is 15.9. The first-order valence-corrected chi connectivity index (χ1v) is 8.26. The molecule has 152 valence electrons. The van der Waals surface area contributed by atoms with Gasteiger partial charge in [0.15, 0.2) is 17.6 Å². The molecule has 2 aliphatic rings. The maximum absolute atomic E-state index is 10.3. The standard InChI is InChI=1S/C13H24N2O10S/c14-13(26)15-11-8(21)7(20)10(4(2-17)23-11)25-12-9(22)6(19)5(18)3(1-16)24-12/h3-12,16-22H,1-2H2,(H3,14,15,26)/t3-,4-,5+,6+,7-,8-,9-,10-,11?,12+/m1/s1. The van der Waals surface area contributed by atoms with Crippen LogP contribution in [0.1, 0.15) is 0 Å². The Morgan fingerprint density at radius 2 is 1.50 bits per heavy atom. The fraction of sp³-hybridized carbons (Fsp3) is 0.923. The molecule has 0 spiro atoms. The van der Waals surface area contributed by atoms with Crippen LogP contribution in [0.5, 0.6) is 0 Å². The van der Waals surface area contributed by atoms with Crippen molar-refractivity contribution < 1.29 is 50.0 Å². The van der Waals surface area contributed by atoms with E-state index in [0.29, 0.717) is 0 Å². The molecule has 2 heterocycles. The third kappa shape index (κ3) is 4.40. The van der Waals surface area contributed by atoms with Crippen molar-refractivity contribution in [2.75, 3.05) is 13.2 Å². The molecule has 0 bridgehead atoms. The second-order valence-corrected chi connectivity index (χ2v) is 6.51. The quantitative estimate of drug-likeness (QED) is 0.198. The molecule has 1 unspecified atom stereocenters. The molecule has 2 fully saturated rings. The number of rotatable bonds is 5. The lowest BCUT2D eigenvalue weighted by molar-refractivity contribution is -0.342. The van der Waals surface area contributed by atoms with Gasteiger partial charge >= 0.3 is 0 Å². The summed E-state index contributed by atoms with van der Waals surface area (Å²) in [4.78, 5) is 0. The molecule has 0 aromatic rings. The lowest BCUT2D eigenvalue weighted by Crippen LogP contribution is -2.66. The van der Waals surface area contributed by atoms with Gasteiger partial charge in [-0.25, -0.2) is 0 Å². The molecule has 10 N–H and O–H groups in total. The number of aliphatic hydroxyl groups is 7. The monoisotopic (exact) mass is 400 g/mol. The zero-order valence-corrected chi connectivity index (χ0v) is 14.3. The second-order valence-electron chi connectivity index (χ2n) is 6.07. The fourth-order valence-electron chi connectivity index (χ4n) is 2.85. The largest absolute Gasteiger partial charge is 0.394 e. The first kappa shape index (κ1) is 21.6. The van der Waals surface area contributed by atoms with Crippen LogP contribution in [0.25, 0.3) is 0 Å². The molecule has 26 heavy (non-hydrogen) atoms. The van der Waals surface area contributed by atoms with Gasteiger partial charge in [-0.15, -0.1) is 0 Å². The third-order valence-electron chi connectivity index (χ3n) is 4.29. The number of nitrogens with two attached hydrogens (primary N) is 1. The van der Waals surface area contributed by atoms with Crippen molar-refractivity contribution in [3.05, 3.63) is 0 Å². The molecule has 0 radical (unpaired) electrons. The Labute approximate surface area is 153 Å². The van der Waals surface area contributed by atoms with Crippen molar-refractivity contribution in [1.82, 2.24) is 5.32 Å². The van der Waals surface area contributed by atoms with Crippen molar-refractivity contribution >= 4 is 17.3 Å². The van der Waals surface area contributed by atoms with Crippen LogP contribution in [0.3, 0.4) is 0 Å². The normalized spacial score (nSPS) is 46.7. The van der Waals surface area contributed by atoms with Gasteiger partial charge in [0.2, 0.25) is 0 Å². The summed E-state index contributed by atoms with van der Waals surface area (Å²) in [7, 11) is 0. The molecule has 2 rings (SSSR count). The molecular weight excluding hydrogens is 376 g/mol. The van der Waals surface area contributed by atoms with E-state index in [2.05, 4.69) is 17.5 Å². The Morgan fingerprint density at radius 1 is 0.885 bits per heavy atom. The molecule has 0 aliphatic carbocycles. The minimum atomic E-state index is -1.72. The molecule has 0 saturated carbocycles. The van der Waals surface area contributed by atoms with Gasteiger partial charge in [-0.1, -0.05) is 0 Å². The number of ether oxygens (including phenoxy) is 3. The minimum Gasteiger partial charge on any atom is -0.394 e. The molecule has 0 amide bonds. The van der Waals surface area contributed by atoms with Crippen LogP contribution in [0.4, 0.5) is 0 Å².